The van der Waals surface area contributed by atoms with E-state index in [4.69, 9.17) is 0 Å². The van der Waals surface area contributed by atoms with Crippen LogP contribution in [0.5, 0.6) is 0 Å². The number of hydrogen-bond donors (Lipinski definition) is 0. The summed E-state index contributed by atoms with van der Waals surface area (Å²) in [5.74, 6) is -0.337. The monoisotopic (exact) mass is 531 g/mol. The van der Waals surface area contributed by atoms with Gasteiger partial charge in [0.2, 0.25) is 15.9 Å². The zero-order chi connectivity index (χ0) is 26.5. The number of sulfonamides is 1. The Labute approximate surface area is 215 Å². The molecule has 3 aromatic carbocycles. The van der Waals surface area contributed by atoms with Crippen LogP contribution in [-0.4, -0.2) is 62.8 Å². The predicted molar refractivity (Wildman–Crippen MR) is 136 cm³/mol. The van der Waals surface area contributed by atoms with Gasteiger partial charge in [-0.3, -0.25) is 4.79 Å². The van der Waals surface area contributed by atoms with Gasteiger partial charge in [-0.2, -0.15) is 17.5 Å². The van der Waals surface area contributed by atoms with Crippen LogP contribution >= 0.6 is 0 Å². The highest BCUT2D eigenvalue weighted by Crippen LogP contribution is 2.32. The van der Waals surface area contributed by atoms with Crippen LogP contribution in [0.15, 0.2) is 89.8 Å². The fraction of sp³-hybridized carbons (Fsp3) is 0.296. The first-order valence-corrected chi connectivity index (χ1v) is 13.4. The van der Waals surface area contributed by atoms with Gasteiger partial charge in [-0.15, -0.1) is 0 Å². The van der Waals surface area contributed by atoms with Crippen molar-refractivity contribution in [1.29, 1.82) is 0 Å². The molecule has 0 N–H and O–H groups in total. The average Bonchev–Trinajstić information content (AvgIpc) is 2.91. The number of piperazine rings is 1. The first-order chi connectivity index (χ1) is 17.6. The van der Waals surface area contributed by atoms with Gasteiger partial charge in [-0.25, -0.2) is 8.42 Å². The lowest BCUT2D eigenvalue weighted by Crippen LogP contribution is -2.52. The normalized spacial score (nSPS) is 14.7. The zero-order valence-corrected chi connectivity index (χ0v) is 21.0. The Morgan fingerprint density at radius 3 is 2.08 bits per heavy atom. The van der Waals surface area contributed by atoms with Crippen molar-refractivity contribution < 1.29 is 26.4 Å². The fourth-order valence-corrected chi connectivity index (χ4v) is 5.68. The summed E-state index contributed by atoms with van der Waals surface area (Å²) >= 11 is 0. The molecule has 0 aromatic heterocycles. The quantitative estimate of drug-likeness (QED) is 0.435. The van der Waals surface area contributed by atoms with Gasteiger partial charge in [0, 0.05) is 38.4 Å². The van der Waals surface area contributed by atoms with E-state index in [0.29, 0.717) is 25.2 Å². The van der Waals surface area contributed by atoms with Crippen LogP contribution in [0.25, 0.3) is 0 Å². The molecule has 3 aromatic rings. The van der Waals surface area contributed by atoms with Crippen molar-refractivity contribution in [2.45, 2.75) is 17.5 Å². The highest BCUT2D eigenvalue weighted by Gasteiger charge is 2.32. The fourth-order valence-electron chi connectivity index (χ4n) is 4.27. The number of alkyl halides is 3. The van der Waals surface area contributed by atoms with Crippen LogP contribution in [0.3, 0.4) is 0 Å². The van der Waals surface area contributed by atoms with Crippen molar-refractivity contribution >= 4 is 21.6 Å². The highest BCUT2D eigenvalue weighted by molar-refractivity contribution is 7.89. The minimum atomic E-state index is -4.43. The largest absolute Gasteiger partial charge is 0.416 e. The summed E-state index contributed by atoms with van der Waals surface area (Å²) in [4.78, 5) is 16.7. The number of rotatable bonds is 8. The number of benzene rings is 3. The molecule has 0 bridgehead atoms. The molecule has 0 aliphatic carbocycles. The molecule has 0 spiro atoms. The summed E-state index contributed by atoms with van der Waals surface area (Å²) in [5, 5.41) is 0. The number of anilines is 1. The topological polar surface area (TPSA) is 60.9 Å². The first-order valence-electron chi connectivity index (χ1n) is 11.9. The Hall–Kier alpha value is -3.37. The molecule has 1 saturated heterocycles. The summed E-state index contributed by atoms with van der Waals surface area (Å²) < 4.78 is 67.2. The Balaban J connectivity index is 1.44. The van der Waals surface area contributed by atoms with Crippen LogP contribution in [0.1, 0.15) is 11.1 Å². The third-order valence-corrected chi connectivity index (χ3v) is 8.22. The maximum atomic E-state index is 13.4. The Morgan fingerprint density at radius 2 is 1.46 bits per heavy atom. The van der Waals surface area contributed by atoms with Gasteiger partial charge in [-0.05, 0) is 42.3 Å². The van der Waals surface area contributed by atoms with Gasteiger partial charge in [0.15, 0.2) is 0 Å². The summed E-state index contributed by atoms with van der Waals surface area (Å²) in [6, 6.07) is 22.6. The molecule has 1 heterocycles. The average molecular weight is 532 g/mol. The van der Waals surface area contributed by atoms with Crippen molar-refractivity contribution in [2.75, 3.05) is 44.2 Å². The number of halogens is 3. The van der Waals surface area contributed by atoms with Crippen LogP contribution in [0.4, 0.5) is 18.9 Å². The minimum absolute atomic E-state index is 0.116. The highest BCUT2D eigenvalue weighted by atomic mass is 32.2. The SMILES string of the molecule is O=C(CN(CCc1ccccc1)S(=O)(=O)c1ccccc1)N1CCN(c2cccc(C(F)(F)F)c2)CC1. The van der Waals surface area contributed by atoms with Gasteiger partial charge >= 0.3 is 6.18 Å². The Bertz CT molecular complexity index is 1290. The lowest BCUT2D eigenvalue weighted by molar-refractivity contribution is -0.137. The molecule has 0 atom stereocenters. The van der Waals surface area contributed by atoms with Crippen molar-refractivity contribution in [3.63, 3.8) is 0 Å². The molecule has 1 amide bonds. The second-order valence-corrected chi connectivity index (χ2v) is 10.7. The number of amides is 1. The van der Waals surface area contributed by atoms with E-state index >= 15 is 0 Å². The lowest BCUT2D eigenvalue weighted by Gasteiger charge is -2.37. The van der Waals surface area contributed by atoms with Crippen molar-refractivity contribution in [3.8, 4) is 0 Å². The maximum absolute atomic E-state index is 13.4. The molecule has 37 heavy (non-hydrogen) atoms. The molecule has 10 heteroatoms. The smallest absolute Gasteiger partial charge is 0.368 e. The molecule has 1 fully saturated rings. The van der Waals surface area contributed by atoms with Crippen molar-refractivity contribution in [1.82, 2.24) is 9.21 Å². The van der Waals surface area contributed by atoms with E-state index in [0.717, 1.165) is 17.7 Å². The molecule has 1 aliphatic rings. The van der Waals surface area contributed by atoms with Crippen molar-refractivity contribution in [2.24, 2.45) is 0 Å². The number of nitrogens with zero attached hydrogens (tertiary/aromatic N) is 3. The van der Waals surface area contributed by atoms with E-state index in [9.17, 15) is 26.4 Å². The van der Waals surface area contributed by atoms with Gasteiger partial charge in [0.25, 0.3) is 0 Å². The van der Waals surface area contributed by atoms with E-state index in [1.165, 1.54) is 22.5 Å². The molecule has 0 radical (unpaired) electrons. The molecular formula is C27H28F3N3O3S. The van der Waals surface area contributed by atoms with E-state index in [1.807, 2.05) is 30.3 Å². The second-order valence-electron chi connectivity index (χ2n) is 8.80. The predicted octanol–water partition coefficient (Wildman–Crippen LogP) is 4.29. The third kappa shape index (κ3) is 6.69. The van der Waals surface area contributed by atoms with Crippen LogP contribution in [0, 0.1) is 0 Å². The lowest BCUT2D eigenvalue weighted by atomic mass is 10.1. The molecular weight excluding hydrogens is 503 g/mol. The minimum Gasteiger partial charge on any atom is -0.368 e. The van der Waals surface area contributed by atoms with E-state index in [-0.39, 0.29) is 37.0 Å². The molecule has 196 valence electrons. The molecule has 0 saturated carbocycles. The summed E-state index contributed by atoms with van der Waals surface area (Å²) in [7, 11) is -3.91. The third-order valence-electron chi connectivity index (χ3n) is 6.36. The Morgan fingerprint density at radius 1 is 0.838 bits per heavy atom. The van der Waals surface area contributed by atoms with Crippen LogP contribution < -0.4 is 4.90 Å². The maximum Gasteiger partial charge on any atom is 0.416 e. The number of carbonyl (C=O) groups excluding carboxylic acids is 1. The van der Waals surface area contributed by atoms with E-state index in [2.05, 4.69) is 0 Å². The molecule has 6 nitrogen and oxygen atoms in total. The molecule has 0 unspecified atom stereocenters. The van der Waals surface area contributed by atoms with Gasteiger partial charge < -0.3 is 9.80 Å². The standard InChI is InChI=1S/C27H28F3N3O3S/c28-27(29,30)23-10-7-11-24(20-23)31-16-18-32(19-17-31)26(34)21-33(15-14-22-8-3-1-4-9-22)37(35,36)25-12-5-2-6-13-25/h1-13,20H,14-19,21H2. The molecule has 1 aliphatic heterocycles. The van der Waals surface area contributed by atoms with Crippen LogP contribution in [0.2, 0.25) is 0 Å². The summed E-state index contributed by atoms with van der Waals surface area (Å²) in [5.41, 5.74) is 0.680. The van der Waals surface area contributed by atoms with Gasteiger partial charge in [-0.1, -0.05) is 54.6 Å². The summed E-state index contributed by atoms with van der Waals surface area (Å²) in [6.07, 6.45) is -3.98. The second kappa shape index (κ2) is 11.4. The van der Waals surface area contributed by atoms with Gasteiger partial charge in [0.1, 0.15) is 0 Å². The number of carbonyl (C=O) groups is 1. The Kier molecular flexibility index (Phi) is 8.19. The van der Waals surface area contributed by atoms with Crippen molar-refractivity contribution in [3.05, 3.63) is 96.1 Å². The van der Waals surface area contributed by atoms with Crippen LogP contribution in [-0.2, 0) is 27.4 Å². The van der Waals surface area contributed by atoms with Gasteiger partial charge in [0.05, 0.1) is 17.0 Å². The van der Waals surface area contributed by atoms with E-state index in [1.54, 1.807) is 34.1 Å². The summed E-state index contributed by atoms with van der Waals surface area (Å²) in [6.45, 7) is 1.09. The first kappa shape index (κ1) is 26.7. The van der Waals surface area contributed by atoms with E-state index < -0.39 is 21.8 Å². The zero-order valence-electron chi connectivity index (χ0n) is 20.1. The number of hydrogen-bond acceptors (Lipinski definition) is 4. The molecule has 4 rings (SSSR count).